The maximum absolute atomic E-state index is 8.71. The van der Waals surface area contributed by atoms with Gasteiger partial charge in [0.1, 0.15) is 11.8 Å². The van der Waals surface area contributed by atoms with Gasteiger partial charge in [0.05, 0.1) is 0 Å². The Balaban J connectivity index is 2.77. The van der Waals surface area contributed by atoms with Crippen molar-refractivity contribution in [1.82, 2.24) is 0 Å². The van der Waals surface area contributed by atoms with Gasteiger partial charge < -0.3 is 10.5 Å². The molecule has 3 nitrogen and oxygen atoms in total. The zero-order chi connectivity index (χ0) is 9.90. The summed E-state index contributed by atoms with van der Waals surface area (Å²) in [6.45, 7) is 3.42. The average molecular weight is 176 g/mol. The van der Waals surface area contributed by atoms with Crippen LogP contribution in [0.2, 0.25) is 0 Å². The van der Waals surface area contributed by atoms with E-state index in [1.54, 1.807) is 38.1 Å². The van der Waals surface area contributed by atoms with Crippen molar-refractivity contribution in [2.75, 3.05) is 5.73 Å². The Hall–Kier alpha value is -1.69. The van der Waals surface area contributed by atoms with Crippen molar-refractivity contribution in [3.8, 4) is 11.8 Å². The van der Waals surface area contributed by atoms with Crippen LogP contribution in [0.5, 0.6) is 5.75 Å². The summed E-state index contributed by atoms with van der Waals surface area (Å²) in [5, 5.41) is 8.71. The Morgan fingerprint density at radius 2 is 1.85 bits per heavy atom. The molecule has 2 N–H and O–H groups in total. The second-order valence-electron chi connectivity index (χ2n) is 3.29. The summed E-state index contributed by atoms with van der Waals surface area (Å²) in [4.78, 5) is 0. The van der Waals surface area contributed by atoms with Crippen molar-refractivity contribution in [1.29, 1.82) is 5.26 Å². The summed E-state index contributed by atoms with van der Waals surface area (Å²) in [6, 6.07) is 9.02. The van der Waals surface area contributed by atoms with Crippen LogP contribution in [0.15, 0.2) is 24.3 Å². The molecule has 13 heavy (non-hydrogen) atoms. The molecule has 1 rings (SSSR count). The Kier molecular flexibility index (Phi) is 2.43. The number of rotatable bonds is 2. The van der Waals surface area contributed by atoms with E-state index in [4.69, 9.17) is 15.7 Å². The van der Waals surface area contributed by atoms with E-state index in [2.05, 4.69) is 6.07 Å². The number of anilines is 1. The lowest BCUT2D eigenvalue weighted by atomic mass is 10.2. The fourth-order valence-corrected chi connectivity index (χ4v) is 0.853. The summed E-state index contributed by atoms with van der Waals surface area (Å²) in [5.74, 6) is 0.653. The van der Waals surface area contributed by atoms with Crippen molar-refractivity contribution in [3.05, 3.63) is 24.3 Å². The Morgan fingerprint density at radius 1 is 1.31 bits per heavy atom. The molecular weight excluding hydrogens is 164 g/mol. The van der Waals surface area contributed by atoms with Crippen LogP contribution in [0.25, 0.3) is 0 Å². The molecular formula is C10H12N2O. The van der Waals surface area contributed by atoms with Crippen LogP contribution in [-0.4, -0.2) is 5.60 Å². The number of hydrogen-bond acceptors (Lipinski definition) is 3. The molecule has 0 saturated heterocycles. The highest BCUT2D eigenvalue weighted by molar-refractivity contribution is 5.41. The highest BCUT2D eigenvalue weighted by atomic mass is 16.5. The third-order valence-electron chi connectivity index (χ3n) is 1.52. The van der Waals surface area contributed by atoms with Gasteiger partial charge in [-0.25, -0.2) is 0 Å². The third-order valence-corrected chi connectivity index (χ3v) is 1.52. The first-order valence-corrected chi connectivity index (χ1v) is 3.99. The van der Waals surface area contributed by atoms with Gasteiger partial charge in [-0.05, 0) is 38.1 Å². The summed E-state index contributed by atoms with van der Waals surface area (Å²) in [5.41, 5.74) is 5.39. The van der Waals surface area contributed by atoms with E-state index in [0.717, 1.165) is 0 Å². The van der Waals surface area contributed by atoms with Crippen LogP contribution in [-0.2, 0) is 0 Å². The first kappa shape index (κ1) is 9.40. The minimum atomic E-state index is -0.796. The molecule has 1 aromatic rings. The van der Waals surface area contributed by atoms with E-state index < -0.39 is 5.60 Å². The first-order chi connectivity index (χ1) is 6.03. The normalized spacial score (nSPS) is 10.5. The molecule has 0 radical (unpaired) electrons. The molecule has 0 unspecified atom stereocenters. The number of nitrogens with two attached hydrogens (primary N) is 1. The molecule has 68 valence electrons. The standard InChI is InChI=1S/C10H12N2O/c1-10(2,7-11)13-9-5-3-8(12)4-6-9/h3-6H,12H2,1-2H3. The number of nitriles is 1. The Morgan fingerprint density at radius 3 is 2.31 bits per heavy atom. The highest BCUT2D eigenvalue weighted by Gasteiger charge is 2.17. The molecule has 0 aliphatic carbocycles. The molecule has 1 aromatic carbocycles. The first-order valence-electron chi connectivity index (χ1n) is 3.99. The van der Waals surface area contributed by atoms with E-state index in [0.29, 0.717) is 11.4 Å². The van der Waals surface area contributed by atoms with Gasteiger partial charge in [0.2, 0.25) is 0 Å². The van der Waals surface area contributed by atoms with E-state index in [-0.39, 0.29) is 0 Å². The number of ether oxygens (including phenoxy) is 1. The molecule has 0 aliphatic heterocycles. The average Bonchev–Trinajstić information content (AvgIpc) is 2.09. The van der Waals surface area contributed by atoms with Gasteiger partial charge in [-0.2, -0.15) is 5.26 Å². The minimum absolute atomic E-state index is 0.653. The van der Waals surface area contributed by atoms with Gasteiger partial charge in [0.15, 0.2) is 5.60 Å². The van der Waals surface area contributed by atoms with Crippen LogP contribution in [0.4, 0.5) is 5.69 Å². The summed E-state index contributed by atoms with van der Waals surface area (Å²) < 4.78 is 5.39. The van der Waals surface area contributed by atoms with E-state index in [1.807, 2.05) is 0 Å². The number of nitrogen functional groups attached to an aromatic ring is 1. The Bertz CT molecular complexity index is 322. The van der Waals surface area contributed by atoms with E-state index in [1.165, 1.54) is 0 Å². The van der Waals surface area contributed by atoms with Crippen molar-refractivity contribution in [2.24, 2.45) is 0 Å². The third kappa shape index (κ3) is 2.68. The monoisotopic (exact) mass is 176 g/mol. The predicted molar refractivity (Wildman–Crippen MR) is 51.2 cm³/mol. The maximum Gasteiger partial charge on any atom is 0.188 e. The topological polar surface area (TPSA) is 59.0 Å². The molecule has 0 amide bonds. The van der Waals surface area contributed by atoms with Crippen LogP contribution < -0.4 is 10.5 Å². The fraction of sp³-hybridized carbons (Fsp3) is 0.300. The largest absolute Gasteiger partial charge is 0.473 e. The van der Waals surface area contributed by atoms with E-state index >= 15 is 0 Å². The van der Waals surface area contributed by atoms with Gasteiger partial charge in [-0.1, -0.05) is 0 Å². The van der Waals surface area contributed by atoms with Crippen LogP contribution in [0.3, 0.4) is 0 Å². The molecule has 3 heteroatoms. The zero-order valence-electron chi connectivity index (χ0n) is 7.74. The molecule has 0 aromatic heterocycles. The second-order valence-corrected chi connectivity index (χ2v) is 3.29. The fourth-order valence-electron chi connectivity index (χ4n) is 0.853. The number of benzene rings is 1. The molecule has 0 heterocycles. The maximum atomic E-state index is 8.71. The lowest BCUT2D eigenvalue weighted by molar-refractivity contribution is 0.170. The summed E-state index contributed by atoms with van der Waals surface area (Å²) in [7, 11) is 0. The van der Waals surface area contributed by atoms with Crippen LogP contribution in [0, 0.1) is 11.3 Å². The molecule has 0 atom stereocenters. The molecule has 0 fully saturated rings. The second kappa shape index (κ2) is 3.36. The lowest BCUT2D eigenvalue weighted by Gasteiger charge is -2.17. The van der Waals surface area contributed by atoms with Crippen molar-refractivity contribution in [3.63, 3.8) is 0 Å². The summed E-state index contributed by atoms with van der Waals surface area (Å²) in [6.07, 6.45) is 0. The SMILES string of the molecule is CC(C)(C#N)Oc1ccc(N)cc1. The molecule has 0 spiro atoms. The molecule has 0 saturated carbocycles. The van der Waals surface area contributed by atoms with Gasteiger partial charge in [0, 0.05) is 5.69 Å². The van der Waals surface area contributed by atoms with Gasteiger partial charge in [-0.3, -0.25) is 0 Å². The zero-order valence-corrected chi connectivity index (χ0v) is 7.74. The quantitative estimate of drug-likeness (QED) is 0.700. The van der Waals surface area contributed by atoms with Crippen LogP contribution in [0.1, 0.15) is 13.8 Å². The van der Waals surface area contributed by atoms with E-state index in [9.17, 15) is 0 Å². The predicted octanol–water partition coefficient (Wildman–Crippen LogP) is 1.95. The molecule has 0 aliphatic rings. The number of hydrogen-bond donors (Lipinski definition) is 1. The summed E-state index contributed by atoms with van der Waals surface area (Å²) >= 11 is 0. The minimum Gasteiger partial charge on any atom is -0.473 e. The van der Waals surface area contributed by atoms with Crippen molar-refractivity contribution in [2.45, 2.75) is 19.4 Å². The lowest BCUT2D eigenvalue weighted by Crippen LogP contribution is -2.25. The van der Waals surface area contributed by atoms with Crippen LogP contribution >= 0.6 is 0 Å². The Labute approximate surface area is 77.7 Å². The van der Waals surface area contributed by atoms with Gasteiger partial charge in [-0.15, -0.1) is 0 Å². The van der Waals surface area contributed by atoms with Gasteiger partial charge >= 0.3 is 0 Å². The highest BCUT2D eigenvalue weighted by Crippen LogP contribution is 2.18. The molecule has 0 bridgehead atoms. The van der Waals surface area contributed by atoms with Gasteiger partial charge in [0.25, 0.3) is 0 Å². The smallest absolute Gasteiger partial charge is 0.188 e. The van der Waals surface area contributed by atoms with Crippen molar-refractivity contribution < 1.29 is 4.74 Å². The number of nitrogens with zero attached hydrogens (tertiary/aromatic N) is 1. The van der Waals surface area contributed by atoms with Crippen molar-refractivity contribution >= 4 is 5.69 Å².